The molecule has 0 saturated carbocycles. The Labute approximate surface area is 80.2 Å². The zero-order valence-corrected chi connectivity index (χ0v) is 7.34. The van der Waals surface area contributed by atoms with Crippen molar-refractivity contribution in [2.75, 3.05) is 17.6 Å². The minimum Gasteiger partial charge on any atom is -0.480 e. The highest BCUT2D eigenvalue weighted by atomic mass is 16.4. The molecule has 0 fully saturated rings. The molecule has 0 aromatic carbocycles. The van der Waals surface area contributed by atoms with Crippen LogP contribution in [0.2, 0.25) is 0 Å². The first-order valence-corrected chi connectivity index (χ1v) is 3.90. The van der Waals surface area contributed by atoms with Crippen LogP contribution in [0.25, 0.3) is 0 Å². The van der Waals surface area contributed by atoms with Gasteiger partial charge < -0.3 is 21.9 Å². The van der Waals surface area contributed by atoms with E-state index in [2.05, 4.69) is 15.3 Å². The Kier molecular flexibility index (Phi) is 3.19. The molecular formula is C7H11N5O2. The predicted octanol–water partition coefficient (Wildman–Crippen LogP) is -1.12. The maximum Gasteiger partial charge on any atom is 0.322 e. The van der Waals surface area contributed by atoms with Gasteiger partial charge in [-0.1, -0.05) is 0 Å². The number of anilines is 2. The Bertz CT molecular complexity index is 330. The number of hydrogen-bond acceptors (Lipinski definition) is 6. The topological polar surface area (TPSA) is 127 Å². The van der Waals surface area contributed by atoms with E-state index < -0.39 is 12.0 Å². The summed E-state index contributed by atoms with van der Waals surface area (Å²) in [7, 11) is 0. The van der Waals surface area contributed by atoms with Crippen LogP contribution >= 0.6 is 0 Å². The van der Waals surface area contributed by atoms with Gasteiger partial charge in [-0.15, -0.1) is 0 Å². The van der Waals surface area contributed by atoms with Crippen molar-refractivity contribution in [3.05, 3.63) is 12.3 Å². The maximum absolute atomic E-state index is 10.4. The van der Waals surface area contributed by atoms with E-state index in [1.165, 1.54) is 6.20 Å². The lowest BCUT2D eigenvalue weighted by atomic mass is 10.3. The van der Waals surface area contributed by atoms with Crippen molar-refractivity contribution in [3.8, 4) is 0 Å². The number of hydrogen-bond donors (Lipinski definition) is 4. The van der Waals surface area contributed by atoms with Gasteiger partial charge in [0.2, 0.25) is 5.95 Å². The average molecular weight is 197 g/mol. The van der Waals surface area contributed by atoms with Crippen molar-refractivity contribution in [1.82, 2.24) is 9.97 Å². The van der Waals surface area contributed by atoms with Crippen LogP contribution in [0, 0.1) is 0 Å². The first kappa shape index (κ1) is 10.2. The second-order valence-corrected chi connectivity index (χ2v) is 2.63. The smallest absolute Gasteiger partial charge is 0.322 e. The van der Waals surface area contributed by atoms with E-state index in [9.17, 15) is 4.79 Å². The summed E-state index contributed by atoms with van der Waals surface area (Å²) in [6.45, 7) is 0.0891. The monoisotopic (exact) mass is 197 g/mol. The van der Waals surface area contributed by atoms with Gasteiger partial charge in [0.15, 0.2) is 0 Å². The van der Waals surface area contributed by atoms with Gasteiger partial charge in [-0.2, -0.15) is 4.98 Å². The van der Waals surface area contributed by atoms with Gasteiger partial charge in [0.1, 0.15) is 11.9 Å². The number of nitrogens with two attached hydrogens (primary N) is 2. The highest BCUT2D eigenvalue weighted by Crippen LogP contribution is 2.01. The van der Waals surface area contributed by atoms with Gasteiger partial charge >= 0.3 is 5.97 Å². The summed E-state index contributed by atoms with van der Waals surface area (Å²) in [6.07, 6.45) is 1.47. The summed E-state index contributed by atoms with van der Waals surface area (Å²) in [5.41, 5.74) is 10.6. The summed E-state index contributed by atoms with van der Waals surface area (Å²) in [6, 6.07) is 0.608. The fourth-order valence-electron chi connectivity index (χ4n) is 0.774. The molecule has 0 unspecified atom stereocenters. The van der Waals surface area contributed by atoms with Gasteiger partial charge in [-0.25, -0.2) is 4.98 Å². The molecule has 76 valence electrons. The molecule has 1 atom stereocenters. The highest BCUT2D eigenvalue weighted by Gasteiger charge is 2.10. The molecule has 0 radical (unpaired) electrons. The number of nitrogen functional groups attached to an aromatic ring is 1. The molecule has 0 aliphatic heterocycles. The number of carboxylic acids is 1. The molecule has 0 bridgehead atoms. The molecule has 1 rings (SSSR count). The fourth-order valence-corrected chi connectivity index (χ4v) is 0.774. The molecule has 1 aromatic rings. The Morgan fingerprint density at radius 3 is 3.00 bits per heavy atom. The van der Waals surface area contributed by atoms with E-state index in [4.69, 9.17) is 16.6 Å². The number of aromatic nitrogens is 2. The predicted molar refractivity (Wildman–Crippen MR) is 50.5 cm³/mol. The zero-order chi connectivity index (χ0) is 10.6. The SMILES string of the molecule is Nc1nccc(NC[C@@H](N)C(=O)O)n1. The van der Waals surface area contributed by atoms with E-state index in [0.717, 1.165) is 0 Å². The van der Waals surface area contributed by atoms with Crippen molar-refractivity contribution in [2.45, 2.75) is 6.04 Å². The molecule has 7 heteroatoms. The largest absolute Gasteiger partial charge is 0.480 e. The summed E-state index contributed by atoms with van der Waals surface area (Å²) >= 11 is 0. The van der Waals surface area contributed by atoms with Gasteiger partial charge in [0.25, 0.3) is 0 Å². The van der Waals surface area contributed by atoms with E-state index in [1.54, 1.807) is 6.07 Å². The van der Waals surface area contributed by atoms with Crippen molar-refractivity contribution in [1.29, 1.82) is 0 Å². The molecule has 0 amide bonds. The lowest BCUT2D eigenvalue weighted by molar-refractivity contribution is -0.138. The summed E-state index contributed by atoms with van der Waals surface area (Å²) in [4.78, 5) is 17.9. The van der Waals surface area contributed by atoms with Crippen molar-refractivity contribution < 1.29 is 9.90 Å². The van der Waals surface area contributed by atoms with Crippen molar-refractivity contribution >= 4 is 17.7 Å². The van der Waals surface area contributed by atoms with Gasteiger partial charge in [0, 0.05) is 12.7 Å². The third kappa shape index (κ3) is 2.87. The third-order valence-electron chi connectivity index (χ3n) is 1.49. The Hall–Kier alpha value is -1.89. The Balaban J connectivity index is 2.49. The molecule has 1 aromatic heterocycles. The summed E-state index contributed by atoms with van der Waals surface area (Å²) in [5, 5.41) is 11.2. The summed E-state index contributed by atoms with van der Waals surface area (Å²) < 4.78 is 0. The minimum absolute atomic E-state index is 0.0891. The van der Waals surface area contributed by atoms with Gasteiger partial charge in [-0.3, -0.25) is 4.79 Å². The van der Waals surface area contributed by atoms with E-state index in [-0.39, 0.29) is 12.5 Å². The highest BCUT2D eigenvalue weighted by molar-refractivity contribution is 5.73. The molecule has 0 aliphatic rings. The molecule has 0 spiro atoms. The first-order valence-electron chi connectivity index (χ1n) is 3.90. The molecule has 14 heavy (non-hydrogen) atoms. The number of nitrogens with zero attached hydrogens (tertiary/aromatic N) is 2. The zero-order valence-electron chi connectivity index (χ0n) is 7.34. The third-order valence-corrected chi connectivity index (χ3v) is 1.49. The van der Waals surface area contributed by atoms with Crippen LogP contribution in [0.5, 0.6) is 0 Å². The molecule has 0 aliphatic carbocycles. The quantitative estimate of drug-likeness (QED) is 0.481. The van der Waals surface area contributed by atoms with Crippen LogP contribution in [-0.4, -0.2) is 33.6 Å². The molecule has 1 heterocycles. The van der Waals surface area contributed by atoms with Crippen LogP contribution in [0.3, 0.4) is 0 Å². The van der Waals surface area contributed by atoms with Crippen LogP contribution in [0.15, 0.2) is 12.3 Å². The number of carbonyl (C=O) groups is 1. The lowest BCUT2D eigenvalue weighted by Crippen LogP contribution is -2.37. The fraction of sp³-hybridized carbons (Fsp3) is 0.286. The number of nitrogens with one attached hydrogen (secondary N) is 1. The van der Waals surface area contributed by atoms with Crippen molar-refractivity contribution in [3.63, 3.8) is 0 Å². The molecule has 6 N–H and O–H groups in total. The second-order valence-electron chi connectivity index (χ2n) is 2.63. The van der Waals surface area contributed by atoms with Gasteiger partial charge in [0.05, 0.1) is 0 Å². The maximum atomic E-state index is 10.4. The minimum atomic E-state index is -1.07. The van der Waals surface area contributed by atoms with E-state index in [0.29, 0.717) is 5.82 Å². The number of aliphatic carboxylic acids is 1. The second kappa shape index (κ2) is 4.38. The van der Waals surface area contributed by atoms with E-state index >= 15 is 0 Å². The van der Waals surface area contributed by atoms with Gasteiger partial charge in [-0.05, 0) is 6.07 Å². The van der Waals surface area contributed by atoms with E-state index in [1.807, 2.05) is 0 Å². The number of carboxylic acid groups (broad SMARTS) is 1. The summed E-state index contributed by atoms with van der Waals surface area (Å²) in [5.74, 6) is -0.493. The molecule has 7 nitrogen and oxygen atoms in total. The lowest BCUT2D eigenvalue weighted by Gasteiger charge is -2.08. The Morgan fingerprint density at radius 1 is 1.71 bits per heavy atom. The Morgan fingerprint density at radius 2 is 2.43 bits per heavy atom. The molecule has 0 saturated heterocycles. The van der Waals surface area contributed by atoms with Crippen LogP contribution in [0.4, 0.5) is 11.8 Å². The number of rotatable bonds is 4. The normalized spacial score (nSPS) is 12.1. The van der Waals surface area contributed by atoms with Crippen molar-refractivity contribution in [2.24, 2.45) is 5.73 Å². The van der Waals surface area contributed by atoms with Crippen LogP contribution in [0.1, 0.15) is 0 Å². The van der Waals surface area contributed by atoms with Crippen LogP contribution in [-0.2, 0) is 4.79 Å². The standard InChI is InChI=1S/C7H11N5O2/c8-4(6(13)14)3-11-5-1-2-10-7(9)12-5/h1-2,4H,3,8H2,(H,13,14)(H3,9,10,11,12)/t4-/m1/s1. The first-order chi connectivity index (χ1) is 6.59. The average Bonchev–Trinajstić information content (AvgIpc) is 2.14. The molecular weight excluding hydrogens is 186 g/mol. The van der Waals surface area contributed by atoms with Crippen LogP contribution < -0.4 is 16.8 Å².